The summed E-state index contributed by atoms with van der Waals surface area (Å²) in [7, 11) is 0. The molecule has 0 N–H and O–H groups in total. The Labute approximate surface area is 135 Å². The highest BCUT2D eigenvalue weighted by Crippen LogP contribution is 2.46. The molecule has 3 heterocycles. The van der Waals surface area contributed by atoms with Crippen LogP contribution in [0.2, 0.25) is 0 Å². The van der Waals surface area contributed by atoms with Crippen LogP contribution >= 0.6 is 0 Å². The zero-order valence-corrected chi connectivity index (χ0v) is 13.2. The largest absolute Gasteiger partial charge is 0.487 e. The second-order valence-electron chi connectivity index (χ2n) is 6.07. The minimum Gasteiger partial charge on any atom is -0.487 e. The average Bonchev–Trinajstić information content (AvgIpc) is 2.94. The SMILES string of the molecule is CCC(C#N)(CC)C(=O)N1C[C@@H]2C[C@H]1c1cncc(C#N)c1O2. The quantitative estimate of drug-likeness (QED) is 0.854. The third-order valence-electron chi connectivity index (χ3n) is 5.04. The maximum Gasteiger partial charge on any atom is 0.243 e. The molecule has 6 heteroatoms. The summed E-state index contributed by atoms with van der Waals surface area (Å²) < 4.78 is 5.90. The summed E-state index contributed by atoms with van der Waals surface area (Å²) in [5.74, 6) is 0.394. The molecule has 1 fully saturated rings. The molecule has 0 aromatic carbocycles. The van der Waals surface area contributed by atoms with Gasteiger partial charge in [-0.2, -0.15) is 10.5 Å². The lowest BCUT2D eigenvalue weighted by Gasteiger charge is -2.32. The Kier molecular flexibility index (Phi) is 3.69. The average molecular weight is 310 g/mol. The van der Waals surface area contributed by atoms with Gasteiger partial charge in [0, 0.05) is 24.4 Å². The van der Waals surface area contributed by atoms with Gasteiger partial charge in [0.1, 0.15) is 28.9 Å². The number of fused-ring (bicyclic) bond motifs is 4. The van der Waals surface area contributed by atoms with E-state index in [4.69, 9.17) is 4.74 Å². The first-order valence-corrected chi connectivity index (χ1v) is 7.87. The molecule has 1 aromatic rings. The second-order valence-corrected chi connectivity index (χ2v) is 6.07. The van der Waals surface area contributed by atoms with E-state index >= 15 is 0 Å². The minimum absolute atomic E-state index is 0.129. The molecular formula is C17H18N4O2. The molecular weight excluding hydrogens is 292 g/mol. The van der Waals surface area contributed by atoms with E-state index in [1.807, 2.05) is 13.8 Å². The Morgan fingerprint density at radius 2 is 2.17 bits per heavy atom. The highest BCUT2D eigenvalue weighted by molar-refractivity contribution is 5.86. The van der Waals surface area contributed by atoms with Gasteiger partial charge < -0.3 is 9.64 Å². The number of carbonyl (C=O) groups excluding carboxylic acids is 1. The van der Waals surface area contributed by atoms with Crippen molar-refractivity contribution >= 4 is 5.91 Å². The topological polar surface area (TPSA) is 90.0 Å². The third-order valence-corrected chi connectivity index (χ3v) is 5.04. The van der Waals surface area contributed by atoms with Crippen LogP contribution in [-0.4, -0.2) is 28.4 Å². The van der Waals surface area contributed by atoms with Crippen molar-refractivity contribution in [3.05, 3.63) is 23.5 Å². The number of aromatic nitrogens is 1. The van der Waals surface area contributed by atoms with E-state index in [0.717, 1.165) is 5.56 Å². The van der Waals surface area contributed by atoms with Gasteiger partial charge in [-0.25, -0.2) is 0 Å². The lowest BCUT2D eigenvalue weighted by Crippen LogP contribution is -2.42. The number of carbonyl (C=O) groups is 1. The molecule has 1 saturated heterocycles. The number of nitriles is 2. The fraction of sp³-hybridized carbons (Fsp3) is 0.529. The Balaban J connectivity index is 2.01. The predicted molar refractivity (Wildman–Crippen MR) is 81.1 cm³/mol. The number of ether oxygens (including phenoxy) is 1. The molecule has 0 saturated carbocycles. The van der Waals surface area contributed by atoms with Crippen molar-refractivity contribution in [2.75, 3.05) is 6.54 Å². The van der Waals surface area contributed by atoms with E-state index in [-0.39, 0.29) is 18.1 Å². The third kappa shape index (κ3) is 2.14. The molecule has 118 valence electrons. The summed E-state index contributed by atoms with van der Waals surface area (Å²) in [5.41, 5.74) is 0.173. The van der Waals surface area contributed by atoms with Crippen molar-refractivity contribution in [3.63, 3.8) is 0 Å². The van der Waals surface area contributed by atoms with Crippen molar-refractivity contribution < 1.29 is 9.53 Å². The first-order valence-electron chi connectivity index (χ1n) is 7.87. The molecule has 6 nitrogen and oxygen atoms in total. The van der Waals surface area contributed by atoms with E-state index < -0.39 is 5.41 Å². The van der Waals surface area contributed by atoms with Crippen molar-refractivity contribution in [2.45, 2.75) is 45.3 Å². The maximum atomic E-state index is 13.0. The second kappa shape index (κ2) is 5.55. The van der Waals surface area contributed by atoms with Crippen molar-refractivity contribution in [2.24, 2.45) is 5.41 Å². The van der Waals surface area contributed by atoms with Gasteiger partial charge in [0.15, 0.2) is 0 Å². The van der Waals surface area contributed by atoms with Crippen molar-refractivity contribution in [1.82, 2.24) is 9.88 Å². The highest BCUT2D eigenvalue weighted by atomic mass is 16.5. The molecule has 2 aliphatic rings. The van der Waals surface area contributed by atoms with Gasteiger partial charge in [-0.15, -0.1) is 0 Å². The number of rotatable bonds is 3. The molecule has 23 heavy (non-hydrogen) atoms. The van der Waals surface area contributed by atoms with Crippen LogP contribution < -0.4 is 4.74 Å². The van der Waals surface area contributed by atoms with Gasteiger partial charge in [-0.1, -0.05) is 13.8 Å². The molecule has 0 aliphatic carbocycles. The van der Waals surface area contributed by atoms with Gasteiger partial charge in [0.05, 0.1) is 18.7 Å². The summed E-state index contributed by atoms with van der Waals surface area (Å²) in [6, 6.07) is 4.14. The van der Waals surface area contributed by atoms with Crippen LogP contribution in [0.1, 0.15) is 50.3 Å². The smallest absolute Gasteiger partial charge is 0.243 e. The number of hydrogen-bond donors (Lipinski definition) is 0. The molecule has 3 rings (SSSR count). The first-order chi connectivity index (χ1) is 11.1. The maximum absolute atomic E-state index is 13.0. The molecule has 2 bridgehead atoms. The van der Waals surface area contributed by atoms with E-state index in [2.05, 4.69) is 17.1 Å². The predicted octanol–water partition coefficient (Wildman–Crippen LogP) is 2.32. The van der Waals surface area contributed by atoms with E-state index in [0.29, 0.717) is 37.1 Å². The summed E-state index contributed by atoms with van der Waals surface area (Å²) in [5, 5.41) is 18.8. The summed E-state index contributed by atoms with van der Waals surface area (Å²) in [6.45, 7) is 4.19. The number of pyridine rings is 1. The van der Waals surface area contributed by atoms with Crippen LogP contribution in [0.15, 0.2) is 12.4 Å². The molecule has 0 radical (unpaired) electrons. The fourth-order valence-corrected chi connectivity index (χ4v) is 3.52. The Morgan fingerprint density at radius 3 is 2.78 bits per heavy atom. The molecule has 2 aliphatic heterocycles. The molecule has 1 aromatic heterocycles. The molecule has 2 atom stereocenters. The fourth-order valence-electron chi connectivity index (χ4n) is 3.52. The first kappa shape index (κ1) is 15.3. The van der Waals surface area contributed by atoms with Gasteiger partial charge in [-0.3, -0.25) is 9.78 Å². The van der Waals surface area contributed by atoms with Crippen molar-refractivity contribution in [1.29, 1.82) is 10.5 Å². The van der Waals surface area contributed by atoms with E-state index in [1.165, 1.54) is 6.20 Å². The number of hydrogen-bond acceptors (Lipinski definition) is 5. The molecule has 0 spiro atoms. The lowest BCUT2D eigenvalue weighted by molar-refractivity contribution is -0.140. The molecule has 0 unspecified atom stereocenters. The Hall–Kier alpha value is -2.60. The van der Waals surface area contributed by atoms with Crippen LogP contribution in [0.5, 0.6) is 5.75 Å². The Bertz CT molecular complexity index is 727. The molecule has 1 amide bonds. The van der Waals surface area contributed by atoms with Crippen LogP contribution in [0.4, 0.5) is 0 Å². The summed E-state index contributed by atoms with van der Waals surface area (Å²) >= 11 is 0. The zero-order chi connectivity index (χ0) is 16.6. The van der Waals surface area contributed by atoms with Gasteiger partial charge in [0.25, 0.3) is 0 Å². The normalized spacial score (nSPS) is 21.8. The van der Waals surface area contributed by atoms with E-state index in [1.54, 1.807) is 11.1 Å². The van der Waals surface area contributed by atoms with Crippen LogP contribution in [-0.2, 0) is 4.79 Å². The number of amides is 1. The summed E-state index contributed by atoms with van der Waals surface area (Å²) in [6.07, 6.45) is 4.66. The van der Waals surface area contributed by atoms with Gasteiger partial charge in [-0.05, 0) is 12.8 Å². The number of nitrogens with zero attached hydrogens (tertiary/aromatic N) is 4. The zero-order valence-electron chi connectivity index (χ0n) is 13.2. The lowest BCUT2D eigenvalue weighted by atomic mass is 9.82. The van der Waals surface area contributed by atoms with Gasteiger partial charge >= 0.3 is 0 Å². The minimum atomic E-state index is -0.988. The Morgan fingerprint density at radius 1 is 1.43 bits per heavy atom. The number of likely N-dealkylation sites (tertiary alicyclic amines) is 1. The van der Waals surface area contributed by atoms with Crippen LogP contribution in [0.25, 0.3) is 0 Å². The van der Waals surface area contributed by atoms with Gasteiger partial charge in [0.2, 0.25) is 5.91 Å². The van der Waals surface area contributed by atoms with Crippen molar-refractivity contribution in [3.8, 4) is 17.9 Å². The standard InChI is InChI=1S/C17H18N4O2/c1-3-17(4-2,10-19)16(22)21-9-12-5-14(21)13-8-20-7-11(6-18)15(13)23-12/h7-8,12,14H,3-5,9H2,1-2H3/t12-,14-/m0/s1. The van der Waals surface area contributed by atoms with E-state index in [9.17, 15) is 15.3 Å². The monoisotopic (exact) mass is 310 g/mol. The van der Waals surface area contributed by atoms with Crippen LogP contribution in [0.3, 0.4) is 0 Å². The summed E-state index contributed by atoms with van der Waals surface area (Å²) in [4.78, 5) is 18.9. The van der Waals surface area contributed by atoms with Crippen LogP contribution in [0, 0.1) is 28.1 Å². The highest BCUT2D eigenvalue weighted by Gasteiger charge is 2.48.